The number of carbonyl (C=O) groups is 2. The Morgan fingerprint density at radius 2 is 2.04 bits per heavy atom. The number of hydrogen-bond donors (Lipinski definition) is 2. The number of aryl methyl sites for hydroxylation is 1. The third kappa shape index (κ3) is 6.18. The van der Waals surface area contributed by atoms with Gasteiger partial charge in [-0.15, -0.1) is 0 Å². The van der Waals surface area contributed by atoms with Crippen molar-refractivity contribution in [1.82, 2.24) is 5.32 Å². The van der Waals surface area contributed by atoms with Crippen molar-refractivity contribution < 1.29 is 9.59 Å². The lowest BCUT2D eigenvalue weighted by Crippen LogP contribution is -2.29. The molecule has 2 rings (SSSR count). The Morgan fingerprint density at radius 3 is 2.74 bits per heavy atom. The first-order valence-corrected chi connectivity index (χ1v) is 8.84. The van der Waals surface area contributed by atoms with E-state index in [0.717, 1.165) is 29.3 Å². The molecule has 0 fully saturated rings. The lowest BCUT2D eigenvalue weighted by atomic mass is 9.97. The van der Waals surface area contributed by atoms with Gasteiger partial charge >= 0.3 is 0 Å². The molecule has 0 unspecified atom stereocenters. The number of halogens is 1. The molecular weight excluding hydrogens is 356 g/mol. The van der Waals surface area contributed by atoms with Gasteiger partial charge in [-0.05, 0) is 72.7 Å². The molecule has 0 saturated carbocycles. The summed E-state index contributed by atoms with van der Waals surface area (Å²) in [5, 5.41) is 5.57. The number of hydrogen-bond acceptors (Lipinski definition) is 2. The summed E-state index contributed by atoms with van der Waals surface area (Å²) >= 11 is 3.41. The quantitative estimate of drug-likeness (QED) is 0.578. The van der Waals surface area contributed by atoms with E-state index >= 15 is 0 Å². The molecule has 0 heterocycles. The van der Waals surface area contributed by atoms with Crippen LogP contribution in [0.4, 0.5) is 5.69 Å². The monoisotopic (exact) mass is 378 g/mol. The van der Waals surface area contributed by atoms with Crippen LogP contribution in [-0.4, -0.2) is 18.4 Å². The van der Waals surface area contributed by atoms with Gasteiger partial charge in [0.15, 0.2) is 0 Å². The van der Waals surface area contributed by atoms with Gasteiger partial charge < -0.3 is 10.6 Å². The van der Waals surface area contributed by atoms with E-state index in [1.54, 1.807) is 0 Å². The van der Waals surface area contributed by atoms with Crippen LogP contribution in [0.1, 0.15) is 44.1 Å². The number of nitrogens with one attached hydrogen (secondary N) is 2. The standard InChI is InChI=1S/C18H23BrN2O2/c1-13-7-8-16(15(19)11-13)21-18(23)12-17(22)20-10-9-14-5-3-2-4-6-14/h5,7-8,11H,2-4,6,9-10,12H2,1H3,(H,20,22)(H,21,23). The summed E-state index contributed by atoms with van der Waals surface area (Å²) in [6, 6.07) is 5.66. The molecule has 4 nitrogen and oxygen atoms in total. The number of anilines is 1. The molecule has 2 amide bonds. The predicted octanol–water partition coefficient (Wildman–Crippen LogP) is 4.09. The van der Waals surface area contributed by atoms with Crippen LogP contribution in [0.15, 0.2) is 34.3 Å². The van der Waals surface area contributed by atoms with Gasteiger partial charge in [-0.1, -0.05) is 17.7 Å². The Morgan fingerprint density at radius 1 is 1.22 bits per heavy atom. The zero-order valence-corrected chi connectivity index (χ0v) is 15.0. The number of amides is 2. The maximum atomic E-state index is 11.9. The molecule has 1 aromatic rings. The van der Waals surface area contributed by atoms with Crippen molar-refractivity contribution in [2.75, 3.05) is 11.9 Å². The van der Waals surface area contributed by atoms with Crippen LogP contribution in [0.5, 0.6) is 0 Å². The van der Waals surface area contributed by atoms with E-state index in [0.29, 0.717) is 12.2 Å². The van der Waals surface area contributed by atoms with Crippen LogP contribution in [0.2, 0.25) is 0 Å². The van der Waals surface area contributed by atoms with Crippen molar-refractivity contribution in [3.63, 3.8) is 0 Å². The fourth-order valence-electron chi connectivity index (χ4n) is 2.62. The van der Waals surface area contributed by atoms with Crippen molar-refractivity contribution in [3.8, 4) is 0 Å². The van der Waals surface area contributed by atoms with Gasteiger partial charge in [0.1, 0.15) is 6.42 Å². The second-order valence-corrected chi connectivity index (χ2v) is 6.77. The van der Waals surface area contributed by atoms with Gasteiger partial charge in [0, 0.05) is 11.0 Å². The highest BCUT2D eigenvalue weighted by molar-refractivity contribution is 9.10. The number of rotatable bonds is 6. The first-order valence-electron chi connectivity index (χ1n) is 8.05. The summed E-state index contributed by atoms with van der Waals surface area (Å²) in [7, 11) is 0. The Labute approximate surface area is 145 Å². The van der Waals surface area contributed by atoms with Gasteiger partial charge in [0.05, 0.1) is 5.69 Å². The summed E-state index contributed by atoms with van der Waals surface area (Å²) < 4.78 is 0.815. The van der Waals surface area contributed by atoms with Crippen LogP contribution in [0.3, 0.4) is 0 Å². The van der Waals surface area contributed by atoms with E-state index in [1.165, 1.54) is 18.4 Å². The third-order valence-corrected chi connectivity index (χ3v) is 4.53. The lowest BCUT2D eigenvalue weighted by Gasteiger charge is -2.13. The third-order valence-electron chi connectivity index (χ3n) is 3.87. The minimum absolute atomic E-state index is 0.153. The van der Waals surface area contributed by atoms with Crippen LogP contribution < -0.4 is 10.6 Å². The summed E-state index contributed by atoms with van der Waals surface area (Å²) in [4.78, 5) is 23.7. The Hall–Kier alpha value is -1.62. The molecule has 23 heavy (non-hydrogen) atoms. The lowest BCUT2D eigenvalue weighted by molar-refractivity contribution is -0.126. The zero-order chi connectivity index (χ0) is 16.7. The van der Waals surface area contributed by atoms with E-state index in [1.807, 2.05) is 25.1 Å². The van der Waals surface area contributed by atoms with Crippen molar-refractivity contribution >= 4 is 33.4 Å². The molecule has 0 atom stereocenters. The summed E-state index contributed by atoms with van der Waals surface area (Å²) in [5.74, 6) is -0.536. The molecule has 0 radical (unpaired) electrons. The van der Waals surface area contributed by atoms with Crippen LogP contribution in [0, 0.1) is 6.92 Å². The molecule has 0 saturated heterocycles. The minimum atomic E-state index is -0.302. The van der Waals surface area contributed by atoms with E-state index in [4.69, 9.17) is 0 Å². The fourth-order valence-corrected chi connectivity index (χ4v) is 3.21. The molecule has 0 spiro atoms. The van der Waals surface area contributed by atoms with Crippen molar-refractivity contribution in [3.05, 3.63) is 39.9 Å². The molecule has 0 aromatic heterocycles. The second kappa shape index (κ2) is 8.87. The highest BCUT2D eigenvalue weighted by Gasteiger charge is 2.11. The smallest absolute Gasteiger partial charge is 0.233 e. The molecule has 5 heteroatoms. The molecule has 124 valence electrons. The SMILES string of the molecule is Cc1ccc(NC(=O)CC(=O)NCCC2=CCCCC2)c(Br)c1. The number of benzene rings is 1. The van der Waals surface area contributed by atoms with Crippen molar-refractivity contribution in [2.45, 2.75) is 45.4 Å². The van der Waals surface area contributed by atoms with Gasteiger partial charge in [-0.3, -0.25) is 9.59 Å². The second-order valence-electron chi connectivity index (χ2n) is 5.92. The minimum Gasteiger partial charge on any atom is -0.355 e. The molecule has 2 N–H and O–H groups in total. The Bertz CT molecular complexity index is 611. The van der Waals surface area contributed by atoms with E-state index < -0.39 is 0 Å². The van der Waals surface area contributed by atoms with Crippen molar-refractivity contribution in [1.29, 1.82) is 0 Å². The maximum Gasteiger partial charge on any atom is 0.233 e. The summed E-state index contributed by atoms with van der Waals surface area (Å²) in [6.07, 6.45) is 7.81. The maximum absolute atomic E-state index is 11.9. The Kier molecular flexibility index (Phi) is 6.84. The Balaban J connectivity index is 1.71. The number of carbonyl (C=O) groups excluding carboxylic acids is 2. The number of allylic oxidation sites excluding steroid dienone is 1. The highest BCUT2D eigenvalue weighted by atomic mass is 79.9. The topological polar surface area (TPSA) is 58.2 Å². The van der Waals surface area contributed by atoms with Crippen LogP contribution >= 0.6 is 15.9 Å². The normalized spacial score (nSPS) is 14.1. The summed E-state index contributed by atoms with van der Waals surface area (Å²) in [6.45, 7) is 2.58. The van der Waals surface area contributed by atoms with Crippen LogP contribution in [-0.2, 0) is 9.59 Å². The van der Waals surface area contributed by atoms with Crippen molar-refractivity contribution in [2.24, 2.45) is 0 Å². The van der Waals surface area contributed by atoms with Gasteiger partial charge in [-0.25, -0.2) is 0 Å². The molecule has 1 aromatic carbocycles. The average molecular weight is 379 g/mol. The summed E-state index contributed by atoms with van der Waals surface area (Å²) in [5.41, 5.74) is 3.20. The average Bonchev–Trinajstić information content (AvgIpc) is 2.51. The first kappa shape index (κ1) is 17.7. The van der Waals surface area contributed by atoms with Gasteiger partial charge in [0.2, 0.25) is 11.8 Å². The van der Waals surface area contributed by atoms with Gasteiger partial charge in [0.25, 0.3) is 0 Å². The zero-order valence-electron chi connectivity index (χ0n) is 13.5. The van der Waals surface area contributed by atoms with Gasteiger partial charge in [-0.2, -0.15) is 0 Å². The molecule has 1 aliphatic rings. The largest absolute Gasteiger partial charge is 0.355 e. The van der Waals surface area contributed by atoms with E-state index in [2.05, 4.69) is 32.6 Å². The first-order chi connectivity index (χ1) is 11.0. The van der Waals surface area contributed by atoms with E-state index in [-0.39, 0.29) is 18.2 Å². The predicted molar refractivity (Wildman–Crippen MR) is 96.3 cm³/mol. The fraction of sp³-hybridized carbons (Fsp3) is 0.444. The van der Waals surface area contributed by atoms with Crippen LogP contribution in [0.25, 0.3) is 0 Å². The molecule has 0 bridgehead atoms. The highest BCUT2D eigenvalue weighted by Crippen LogP contribution is 2.23. The molecule has 1 aliphatic carbocycles. The molecular formula is C18H23BrN2O2. The van der Waals surface area contributed by atoms with E-state index in [9.17, 15) is 9.59 Å². The molecule has 0 aliphatic heterocycles.